The van der Waals surface area contributed by atoms with Gasteiger partial charge in [0.1, 0.15) is 5.75 Å². The second kappa shape index (κ2) is 6.09. The first-order valence-corrected chi connectivity index (χ1v) is 6.74. The van der Waals surface area contributed by atoms with E-state index in [1.807, 2.05) is 29.1 Å². The number of anilines is 1. The van der Waals surface area contributed by atoms with E-state index in [1.54, 1.807) is 18.3 Å². The molecule has 0 aliphatic carbocycles. The highest BCUT2D eigenvalue weighted by molar-refractivity contribution is 5.39. The van der Waals surface area contributed by atoms with Gasteiger partial charge in [-0.1, -0.05) is 30.3 Å². The van der Waals surface area contributed by atoms with E-state index in [9.17, 15) is 5.11 Å². The van der Waals surface area contributed by atoms with Gasteiger partial charge in [0.2, 0.25) is 0 Å². The molecule has 0 fully saturated rings. The smallest absolute Gasteiger partial charge is 0.133 e. The van der Waals surface area contributed by atoms with E-state index in [4.69, 9.17) is 0 Å². The minimum absolute atomic E-state index is 0.175. The van der Waals surface area contributed by atoms with E-state index in [-0.39, 0.29) is 5.75 Å². The number of nitrogens with zero attached hydrogens (tertiary/aromatic N) is 3. The summed E-state index contributed by atoms with van der Waals surface area (Å²) in [4.78, 5) is 4.13. The molecular weight excluding hydrogens is 264 g/mol. The predicted molar refractivity (Wildman–Crippen MR) is 81.0 cm³/mol. The summed E-state index contributed by atoms with van der Waals surface area (Å²) in [7, 11) is 0. The Hall–Kier alpha value is -2.82. The van der Waals surface area contributed by atoms with Crippen molar-refractivity contribution in [2.75, 3.05) is 5.32 Å². The molecule has 1 aromatic carbocycles. The largest absolute Gasteiger partial charge is 0.506 e. The highest BCUT2D eigenvalue weighted by atomic mass is 16.3. The molecule has 5 heteroatoms. The van der Waals surface area contributed by atoms with Crippen LogP contribution in [0.4, 0.5) is 5.69 Å². The number of hydrogen-bond acceptors (Lipinski definition) is 4. The van der Waals surface area contributed by atoms with Gasteiger partial charge in [0.15, 0.2) is 0 Å². The first-order chi connectivity index (χ1) is 10.3. The number of benzene rings is 1. The van der Waals surface area contributed by atoms with Gasteiger partial charge in [-0.15, -0.1) is 0 Å². The van der Waals surface area contributed by atoms with E-state index < -0.39 is 0 Å². The van der Waals surface area contributed by atoms with E-state index in [0.717, 1.165) is 17.9 Å². The van der Waals surface area contributed by atoms with Crippen LogP contribution in [0.25, 0.3) is 0 Å². The molecule has 2 N–H and O–H groups in total. The van der Waals surface area contributed by atoms with Crippen molar-refractivity contribution in [1.29, 1.82) is 0 Å². The lowest BCUT2D eigenvalue weighted by molar-refractivity contribution is 0.472. The number of pyridine rings is 1. The van der Waals surface area contributed by atoms with E-state index in [1.165, 1.54) is 11.8 Å². The van der Waals surface area contributed by atoms with Gasteiger partial charge in [0.05, 0.1) is 36.9 Å². The Kier molecular flexibility index (Phi) is 3.82. The molecule has 0 saturated heterocycles. The standard InChI is InChI=1S/C16H16N4O/c21-16-7-6-14(18-10-16)8-17-15-9-19-20(12-15)11-13-4-2-1-3-5-13/h1-7,9-10,12,17,21H,8,11H2. The summed E-state index contributed by atoms with van der Waals surface area (Å²) in [6, 6.07) is 13.6. The molecule has 5 nitrogen and oxygen atoms in total. The van der Waals surface area contributed by atoms with Gasteiger partial charge in [0, 0.05) is 6.20 Å². The van der Waals surface area contributed by atoms with Crippen LogP contribution in [0.2, 0.25) is 0 Å². The normalized spacial score (nSPS) is 10.5. The van der Waals surface area contributed by atoms with Gasteiger partial charge in [-0.2, -0.15) is 5.10 Å². The van der Waals surface area contributed by atoms with Gasteiger partial charge >= 0.3 is 0 Å². The quantitative estimate of drug-likeness (QED) is 0.754. The van der Waals surface area contributed by atoms with Crippen LogP contribution in [0, 0.1) is 0 Å². The Balaban J connectivity index is 1.59. The molecule has 0 radical (unpaired) electrons. The SMILES string of the molecule is Oc1ccc(CNc2cnn(Cc3ccccc3)c2)nc1. The Labute approximate surface area is 122 Å². The van der Waals surface area contributed by atoms with Crippen molar-refractivity contribution in [3.05, 3.63) is 72.3 Å². The molecule has 0 atom stereocenters. The molecule has 3 rings (SSSR count). The number of aromatic hydroxyl groups is 1. The molecule has 0 amide bonds. The summed E-state index contributed by atoms with van der Waals surface area (Å²) >= 11 is 0. The van der Waals surface area contributed by atoms with Gasteiger partial charge in [-0.3, -0.25) is 9.67 Å². The molecule has 106 valence electrons. The van der Waals surface area contributed by atoms with Crippen LogP contribution in [0.15, 0.2) is 61.1 Å². The summed E-state index contributed by atoms with van der Waals surface area (Å²) in [6.07, 6.45) is 5.20. The van der Waals surface area contributed by atoms with Crippen molar-refractivity contribution < 1.29 is 5.11 Å². The fourth-order valence-electron chi connectivity index (χ4n) is 2.03. The van der Waals surface area contributed by atoms with Crippen LogP contribution >= 0.6 is 0 Å². The topological polar surface area (TPSA) is 63.0 Å². The lowest BCUT2D eigenvalue weighted by Gasteiger charge is -2.03. The Morgan fingerprint density at radius 2 is 1.90 bits per heavy atom. The zero-order chi connectivity index (χ0) is 14.5. The fraction of sp³-hybridized carbons (Fsp3) is 0.125. The lowest BCUT2D eigenvalue weighted by Crippen LogP contribution is -2.01. The van der Waals surface area contributed by atoms with Gasteiger partial charge in [-0.05, 0) is 17.7 Å². The Bertz CT molecular complexity index is 692. The molecule has 0 bridgehead atoms. The minimum Gasteiger partial charge on any atom is -0.506 e. The maximum absolute atomic E-state index is 9.19. The molecule has 0 saturated carbocycles. The van der Waals surface area contributed by atoms with Crippen molar-refractivity contribution in [3.8, 4) is 5.75 Å². The first kappa shape index (κ1) is 13.2. The Morgan fingerprint density at radius 1 is 1.05 bits per heavy atom. The first-order valence-electron chi connectivity index (χ1n) is 6.74. The van der Waals surface area contributed by atoms with Crippen LogP contribution in [0.3, 0.4) is 0 Å². The van der Waals surface area contributed by atoms with Gasteiger partial charge in [0.25, 0.3) is 0 Å². The summed E-state index contributed by atoms with van der Waals surface area (Å²) in [5.41, 5.74) is 3.02. The van der Waals surface area contributed by atoms with Gasteiger partial charge < -0.3 is 10.4 Å². The van der Waals surface area contributed by atoms with Crippen LogP contribution in [0.1, 0.15) is 11.3 Å². The zero-order valence-corrected chi connectivity index (χ0v) is 11.5. The fourth-order valence-corrected chi connectivity index (χ4v) is 2.03. The highest BCUT2D eigenvalue weighted by Gasteiger charge is 2.00. The van der Waals surface area contributed by atoms with Crippen molar-refractivity contribution in [2.24, 2.45) is 0 Å². The maximum Gasteiger partial charge on any atom is 0.133 e. The third-order valence-corrected chi connectivity index (χ3v) is 3.10. The average Bonchev–Trinajstić information content (AvgIpc) is 2.95. The maximum atomic E-state index is 9.19. The number of hydrogen-bond donors (Lipinski definition) is 2. The minimum atomic E-state index is 0.175. The number of nitrogens with one attached hydrogen (secondary N) is 1. The number of aromatic nitrogens is 3. The van der Waals surface area contributed by atoms with E-state index in [0.29, 0.717) is 6.54 Å². The van der Waals surface area contributed by atoms with Crippen molar-refractivity contribution in [3.63, 3.8) is 0 Å². The third kappa shape index (κ3) is 3.60. The van der Waals surface area contributed by atoms with E-state index in [2.05, 4.69) is 27.5 Å². The van der Waals surface area contributed by atoms with Crippen LogP contribution in [0.5, 0.6) is 5.75 Å². The van der Waals surface area contributed by atoms with Crippen molar-refractivity contribution >= 4 is 5.69 Å². The zero-order valence-electron chi connectivity index (χ0n) is 11.5. The summed E-state index contributed by atoms with van der Waals surface area (Å²) in [6.45, 7) is 1.34. The molecular formula is C16H16N4O. The van der Waals surface area contributed by atoms with E-state index >= 15 is 0 Å². The van der Waals surface area contributed by atoms with Gasteiger partial charge in [-0.25, -0.2) is 0 Å². The highest BCUT2D eigenvalue weighted by Crippen LogP contribution is 2.11. The van der Waals surface area contributed by atoms with Crippen LogP contribution < -0.4 is 5.32 Å². The molecule has 21 heavy (non-hydrogen) atoms. The molecule has 2 heterocycles. The van der Waals surface area contributed by atoms with Crippen molar-refractivity contribution in [1.82, 2.24) is 14.8 Å². The average molecular weight is 280 g/mol. The van der Waals surface area contributed by atoms with Crippen LogP contribution in [-0.2, 0) is 13.1 Å². The summed E-state index contributed by atoms with van der Waals surface area (Å²) < 4.78 is 1.89. The lowest BCUT2D eigenvalue weighted by atomic mass is 10.2. The van der Waals surface area contributed by atoms with Crippen LogP contribution in [-0.4, -0.2) is 19.9 Å². The molecule has 0 aliphatic heterocycles. The molecule has 0 aliphatic rings. The third-order valence-electron chi connectivity index (χ3n) is 3.10. The molecule has 0 spiro atoms. The predicted octanol–water partition coefficient (Wildman–Crippen LogP) is 2.64. The van der Waals surface area contributed by atoms with Crippen molar-refractivity contribution in [2.45, 2.75) is 13.1 Å². The second-order valence-electron chi connectivity index (χ2n) is 4.77. The monoisotopic (exact) mass is 280 g/mol. The molecule has 2 aromatic heterocycles. The Morgan fingerprint density at radius 3 is 2.67 bits per heavy atom. The molecule has 0 unspecified atom stereocenters. The summed E-state index contributed by atoms with van der Waals surface area (Å²) in [5, 5.41) is 16.8. The summed E-state index contributed by atoms with van der Waals surface area (Å²) in [5.74, 6) is 0.175. The second-order valence-corrected chi connectivity index (χ2v) is 4.77. The number of rotatable bonds is 5. The molecule has 3 aromatic rings.